The third kappa shape index (κ3) is 4.58. The second-order valence-electron chi connectivity index (χ2n) is 9.49. The highest BCUT2D eigenvalue weighted by molar-refractivity contribution is 5.89. The molecule has 1 amide bonds. The van der Waals surface area contributed by atoms with Crippen LogP contribution in [0.1, 0.15) is 22.7 Å². The van der Waals surface area contributed by atoms with Crippen LogP contribution >= 0.6 is 0 Å². The third-order valence-corrected chi connectivity index (χ3v) is 7.12. The van der Waals surface area contributed by atoms with Crippen LogP contribution in [0.3, 0.4) is 0 Å². The number of nitrogens with zero attached hydrogens (tertiary/aromatic N) is 7. The summed E-state index contributed by atoms with van der Waals surface area (Å²) < 4.78 is 1.80. The molecule has 0 saturated carbocycles. The fourth-order valence-electron chi connectivity index (χ4n) is 5.07. The van der Waals surface area contributed by atoms with Crippen molar-refractivity contribution >= 4 is 23.2 Å². The lowest BCUT2D eigenvalue weighted by molar-refractivity contribution is -0.129. The van der Waals surface area contributed by atoms with Crippen LogP contribution in [0.2, 0.25) is 0 Å². The van der Waals surface area contributed by atoms with Gasteiger partial charge in [0.15, 0.2) is 0 Å². The van der Waals surface area contributed by atoms with Crippen molar-refractivity contribution in [3.63, 3.8) is 0 Å². The summed E-state index contributed by atoms with van der Waals surface area (Å²) in [6.07, 6.45) is 2.16. The number of carbonyl (C=O) groups excluding carboxylic acids is 1. The molecule has 3 heterocycles. The van der Waals surface area contributed by atoms with Gasteiger partial charge in [-0.2, -0.15) is 4.68 Å². The zero-order valence-electron chi connectivity index (χ0n) is 20.8. The minimum Gasteiger partial charge on any atom is -0.368 e. The van der Waals surface area contributed by atoms with E-state index in [1.807, 2.05) is 34.1 Å². The first-order chi connectivity index (χ1) is 18.2. The molecule has 6 rings (SSSR count). The van der Waals surface area contributed by atoms with Gasteiger partial charge in [0.05, 0.1) is 5.70 Å². The van der Waals surface area contributed by atoms with E-state index in [1.54, 1.807) is 4.68 Å². The normalized spacial score (nSPS) is 17.4. The predicted octanol–water partition coefficient (Wildman–Crippen LogP) is 3.78. The molecule has 186 valence electrons. The number of piperazine rings is 1. The van der Waals surface area contributed by atoms with E-state index < -0.39 is 0 Å². The van der Waals surface area contributed by atoms with Gasteiger partial charge in [0, 0.05) is 31.9 Å². The molecule has 1 atom stereocenters. The van der Waals surface area contributed by atoms with Crippen molar-refractivity contribution in [1.29, 1.82) is 0 Å². The maximum Gasteiger partial charge on any atom is 0.251 e. The van der Waals surface area contributed by atoms with Crippen LogP contribution in [0.25, 0.3) is 5.70 Å². The van der Waals surface area contributed by atoms with E-state index in [9.17, 15) is 4.79 Å². The highest BCUT2D eigenvalue weighted by atomic mass is 16.2. The van der Waals surface area contributed by atoms with E-state index in [0.29, 0.717) is 19.0 Å². The van der Waals surface area contributed by atoms with Crippen molar-refractivity contribution in [3.8, 4) is 0 Å². The van der Waals surface area contributed by atoms with E-state index in [1.165, 1.54) is 11.3 Å². The van der Waals surface area contributed by atoms with Crippen molar-refractivity contribution in [2.24, 2.45) is 0 Å². The Labute approximate surface area is 216 Å². The van der Waals surface area contributed by atoms with Gasteiger partial charge in [0.25, 0.3) is 5.95 Å². The van der Waals surface area contributed by atoms with Crippen molar-refractivity contribution < 1.29 is 4.79 Å². The second kappa shape index (κ2) is 9.89. The molecular weight excluding hydrogens is 462 g/mol. The van der Waals surface area contributed by atoms with Gasteiger partial charge in [-0.05, 0) is 46.7 Å². The smallest absolute Gasteiger partial charge is 0.251 e. The van der Waals surface area contributed by atoms with Crippen LogP contribution < -0.4 is 9.80 Å². The number of para-hydroxylation sites is 1. The van der Waals surface area contributed by atoms with Gasteiger partial charge in [0.1, 0.15) is 12.6 Å². The molecule has 1 saturated heterocycles. The monoisotopic (exact) mass is 491 g/mol. The zero-order chi connectivity index (χ0) is 25.2. The Kier molecular flexibility index (Phi) is 6.14. The average molecular weight is 492 g/mol. The largest absolute Gasteiger partial charge is 0.368 e. The molecule has 0 unspecified atom stereocenters. The number of amides is 1. The van der Waals surface area contributed by atoms with Crippen molar-refractivity contribution in [2.45, 2.75) is 13.0 Å². The lowest BCUT2D eigenvalue weighted by atomic mass is 10.00. The maximum atomic E-state index is 13.6. The number of carbonyl (C=O) groups is 1. The quantitative estimate of drug-likeness (QED) is 0.423. The van der Waals surface area contributed by atoms with E-state index >= 15 is 0 Å². The molecule has 1 fully saturated rings. The van der Waals surface area contributed by atoms with E-state index in [2.05, 4.69) is 94.1 Å². The van der Waals surface area contributed by atoms with Crippen LogP contribution in [0.4, 0.5) is 11.6 Å². The first-order valence-electron chi connectivity index (χ1n) is 12.6. The molecule has 1 aromatic heterocycles. The molecule has 37 heavy (non-hydrogen) atoms. The lowest BCUT2D eigenvalue weighted by Crippen LogP contribution is -2.51. The third-order valence-electron chi connectivity index (χ3n) is 7.12. The van der Waals surface area contributed by atoms with Gasteiger partial charge in [-0.25, -0.2) is 0 Å². The number of fused-ring (bicyclic) bond motifs is 1. The number of rotatable bonds is 5. The molecule has 3 aromatic carbocycles. The van der Waals surface area contributed by atoms with Gasteiger partial charge in [0.2, 0.25) is 5.91 Å². The van der Waals surface area contributed by atoms with Crippen LogP contribution in [0, 0.1) is 6.92 Å². The predicted molar refractivity (Wildman–Crippen MR) is 144 cm³/mol. The number of allylic oxidation sites excluding steroid dienone is 1. The standard InChI is InChI=1S/C29H29N7O/c1-22-12-14-24(15-13-22)27-20-26(23-8-4-2-5-9-23)35(29-30-31-32-36(27)29)21-28(37)34-18-16-33(17-19-34)25-10-6-3-7-11-25/h2-15,20,27H,16-19,21H2,1H3/t27-/m1/s1. The minimum atomic E-state index is -0.165. The number of anilines is 2. The Hall–Kier alpha value is -4.46. The Balaban J connectivity index is 1.27. The fraction of sp³-hybridized carbons (Fsp3) is 0.241. The molecule has 8 heteroatoms. The zero-order valence-corrected chi connectivity index (χ0v) is 20.8. The lowest BCUT2D eigenvalue weighted by Gasteiger charge is -2.38. The number of tetrazole rings is 1. The highest BCUT2D eigenvalue weighted by Crippen LogP contribution is 2.36. The molecule has 8 nitrogen and oxygen atoms in total. The summed E-state index contributed by atoms with van der Waals surface area (Å²) in [5.41, 5.74) is 5.44. The number of benzene rings is 3. The van der Waals surface area contributed by atoms with Crippen molar-refractivity contribution in [2.75, 3.05) is 42.5 Å². The first kappa shape index (κ1) is 23.0. The average Bonchev–Trinajstić information content (AvgIpc) is 3.45. The SMILES string of the molecule is Cc1ccc([C@H]2C=C(c3ccccc3)N(CC(=O)N3CCN(c4ccccc4)CC3)c3nnnn32)cc1. The first-order valence-corrected chi connectivity index (χ1v) is 12.6. The molecule has 0 spiro atoms. The Morgan fingerprint density at radius 1 is 0.865 bits per heavy atom. The minimum absolute atomic E-state index is 0.0675. The summed E-state index contributed by atoms with van der Waals surface area (Å²) in [6, 6.07) is 28.8. The number of hydrogen-bond donors (Lipinski definition) is 0. The van der Waals surface area contributed by atoms with Crippen LogP contribution in [-0.2, 0) is 4.79 Å². The fourth-order valence-corrected chi connectivity index (χ4v) is 5.07. The summed E-state index contributed by atoms with van der Waals surface area (Å²) in [7, 11) is 0. The number of aromatic nitrogens is 4. The topological polar surface area (TPSA) is 70.4 Å². The Morgan fingerprint density at radius 3 is 2.24 bits per heavy atom. The summed E-state index contributed by atoms with van der Waals surface area (Å²) in [6.45, 7) is 5.24. The van der Waals surface area contributed by atoms with Crippen LogP contribution in [0.15, 0.2) is 91.0 Å². The van der Waals surface area contributed by atoms with E-state index in [0.717, 1.165) is 29.9 Å². The molecule has 0 N–H and O–H groups in total. The van der Waals surface area contributed by atoms with E-state index in [4.69, 9.17) is 0 Å². The number of hydrogen-bond acceptors (Lipinski definition) is 6. The Bertz CT molecular complexity index is 1390. The van der Waals surface area contributed by atoms with E-state index in [-0.39, 0.29) is 18.5 Å². The molecule has 4 aromatic rings. The summed E-state index contributed by atoms with van der Waals surface area (Å²) in [5, 5.41) is 12.7. The highest BCUT2D eigenvalue weighted by Gasteiger charge is 2.33. The molecule has 0 radical (unpaired) electrons. The van der Waals surface area contributed by atoms with Gasteiger partial charge in [-0.1, -0.05) is 83.5 Å². The van der Waals surface area contributed by atoms with Crippen molar-refractivity contribution in [3.05, 3.63) is 108 Å². The van der Waals surface area contributed by atoms with Crippen LogP contribution in [-0.4, -0.2) is 63.7 Å². The molecule has 0 aliphatic carbocycles. The van der Waals surface area contributed by atoms with Crippen LogP contribution in [0.5, 0.6) is 0 Å². The second-order valence-corrected chi connectivity index (χ2v) is 9.49. The maximum absolute atomic E-state index is 13.6. The van der Waals surface area contributed by atoms with Gasteiger partial charge in [-0.3, -0.25) is 9.69 Å². The molecular formula is C29H29N7O. The molecule has 2 aliphatic heterocycles. The van der Waals surface area contributed by atoms with Gasteiger partial charge < -0.3 is 9.80 Å². The molecule has 2 aliphatic rings. The summed E-state index contributed by atoms with van der Waals surface area (Å²) in [4.78, 5) is 19.8. The van der Waals surface area contributed by atoms with Gasteiger partial charge >= 0.3 is 0 Å². The van der Waals surface area contributed by atoms with Crippen molar-refractivity contribution in [1.82, 2.24) is 25.1 Å². The molecule has 0 bridgehead atoms. The number of aryl methyl sites for hydroxylation is 1. The summed E-state index contributed by atoms with van der Waals surface area (Å²) in [5.74, 6) is 0.640. The van der Waals surface area contributed by atoms with Gasteiger partial charge in [-0.15, -0.1) is 0 Å². The Morgan fingerprint density at radius 2 is 1.54 bits per heavy atom. The summed E-state index contributed by atoms with van der Waals surface area (Å²) >= 11 is 0.